The van der Waals surface area contributed by atoms with Crippen molar-refractivity contribution in [3.8, 4) is 0 Å². The standard InChI is InChI=1S/C8H12F3N3.2ClH/c1-3-14-4-6(5(2)13-14)7(12)8(9,10)11;;/h4,7H,3,12H2,1-2H3;2*1H. The monoisotopic (exact) mass is 279 g/mol. The van der Waals surface area contributed by atoms with Crippen LogP contribution in [0.3, 0.4) is 0 Å². The van der Waals surface area contributed by atoms with Gasteiger partial charge in [-0.1, -0.05) is 0 Å². The molecule has 96 valence electrons. The summed E-state index contributed by atoms with van der Waals surface area (Å²) in [5.74, 6) is 0. The summed E-state index contributed by atoms with van der Waals surface area (Å²) < 4.78 is 38.2. The van der Waals surface area contributed by atoms with Crippen molar-refractivity contribution in [3.05, 3.63) is 17.5 Å². The molecule has 1 heterocycles. The fraction of sp³-hybridized carbons (Fsp3) is 0.625. The zero-order valence-corrected chi connectivity index (χ0v) is 10.4. The molecule has 0 spiro atoms. The van der Waals surface area contributed by atoms with E-state index in [1.807, 2.05) is 0 Å². The third-order valence-electron chi connectivity index (χ3n) is 2.00. The van der Waals surface area contributed by atoms with E-state index in [-0.39, 0.29) is 30.4 Å². The third-order valence-corrected chi connectivity index (χ3v) is 2.00. The van der Waals surface area contributed by atoms with Gasteiger partial charge in [0.2, 0.25) is 0 Å². The Balaban J connectivity index is 0. The van der Waals surface area contributed by atoms with Crippen LogP contribution in [0.15, 0.2) is 6.20 Å². The summed E-state index contributed by atoms with van der Waals surface area (Å²) >= 11 is 0. The van der Waals surface area contributed by atoms with Crippen molar-refractivity contribution in [1.82, 2.24) is 9.78 Å². The molecule has 0 aromatic carbocycles. The fourth-order valence-electron chi connectivity index (χ4n) is 1.18. The van der Waals surface area contributed by atoms with Crippen LogP contribution in [0.4, 0.5) is 13.2 Å². The van der Waals surface area contributed by atoms with Gasteiger partial charge in [0.15, 0.2) is 0 Å². The second kappa shape index (κ2) is 6.32. The van der Waals surface area contributed by atoms with Crippen molar-refractivity contribution in [1.29, 1.82) is 0 Å². The summed E-state index contributed by atoms with van der Waals surface area (Å²) in [6.45, 7) is 3.86. The van der Waals surface area contributed by atoms with E-state index in [1.54, 1.807) is 6.92 Å². The van der Waals surface area contributed by atoms with Crippen LogP contribution in [0.25, 0.3) is 0 Å². The minimum Gasteiger partial charge on any atom is -0.316 e. The fourth-order valence-corrected chi connectivity index (χ4v) is 1.18. The van der Waals surface area contributed by atoms with Gasteiger partial charge in [-0.3, -0.25) is 4.68 Å². The van der Waals surface area contributed by atoms with Crippen molar-refractivity contribution in [2.75, 3.05) is 0 Å². The van der Waals surface area contributed by atoms with Gasteiger partial charge in [0.05, 0.1) is 5.69 Å². The van der Waals surface area contributed by atoms with Crippen LogP contribution in [0, 0.1) is 6.92 Å². The molecule has 0 bridgehead atoms. The number of alkyl halides is 3. The first-order chi connectivity index (χ1) is 6.36. The lowest BCUT2D eigenvalue weighted by molar-refractivity contribution is -0.149. The summed E-state index contributed by atoms with van der Waals surface area (Å²) in [6.07, 6.45) is -3.07. The number of rotatable bonds is 2. The SMILES string of the molecule is CCn1cc(C(N)C(F)(F)F)c(C)n1.Cl.Cl. The molecule has 0 aliphatic heterocycles. The minimum atomic E-state index is -4.41. The zero-order valence-electron chi connectivity index (χ0n) is 8.78. The third kappa shape index (κ3) is 3.84. The largest absolute Gasteiger partial charge is 0.407 e. The Kier molecular flexibility index (Phi) is 7.08. The average Bonchev–Trinajstić information content (AvgIpc) is 2.43. The van der Waals surface area contributed by atoms with Gasteiger partial charge in [-0.05, 0) is 13.8 Å². The van der Waals surface area contributed by atoms with Gasteiger partial charge >= 0.3 is 6.18 Å². The topological polar surface area (TPSA) is 43.8 Å². The van der Waals surface area contributed by atoms with E-state index in [0.29, 0.717) is 12.2 Å². The van der Waals surface area contributed by atoms with Crippen molar-refractivity contribution < 1.29 is 13.2 Å². The molecule has 1 unspecified atom stereocenters. The lowest BCUT2D eigenvalue weighted by Gasteiger charge is -2.14. The van der Waals surface area contributed by atoms with Crippen molar-refractivity contribution in [2.24, 2.45) is 5.73 Å². The Bertz CT molecular complexity index is 325. The Morgan fingerprint density at radius 1 is 1.44 bits per heavy atom. The molecule has 1 aromatic heterocycles. The van der Waals surface area contributed by atoms with Gasteiger partial charge in [0.25, 0.3) is 0 Å². The van der Waals surface area contributed by atoms with Crippen molar-refractivity contribution in [3.63, 3.8) is 0 Å². The molecule has 0 aliphatic rings. The number of aryl methyl sites for hydroxylation is 2. The van der Waals surface area contributed by atoms with E-state index in [9.17, 15) is 13.2 Å². The predicted octanol–water partition coefficient (Wildman–Crippen LogP) is 2.62. The second-order valence-corrected chi connectivity index (χ2v) is 3.04. The summed E-state index contributed by atoms with van der Waals surface area (Å²) in [4.78, 5) is 0. The van der Waals surface area contributed by atoms with Crippen molar-refractivity contribution in [2.45, 2.75) is 32.6 Å². The molecule has 0 amide bonds. The van der Waals surface area contributed by atoms with Gasteiger partial charge in [0.1, 0.15) is 6.04 Å². The first kappa shape index (κ1) is 17.9. The summed E-state index contributed by atoms with van der Waals surface area (Å²) in [5.41, 5.74) is 5.43. The molecule has 2 N–H and O–H groups in total. The molecule has 1 aromatic rings. The van der Waals surface area contributed by atoms with Gasteiger partial charge < -0.3 is 5.73 Å². The highest BCUT2D eigenvalue weighted by molar-refractivity contribution is 5.85. The van der Waals surface area contributed by atoms with E-state index in [0.717, 1.165) is 0 Å². The van der Waals surface area contributed by atoms with E-state index >= 15 is 0 Å². The highest BCUT2D eigenvalue weighted by Crippen LogP contribution is 2.31. The normalized spacial score (nSPS) is 12.6. The Hall–Kier alpha value is -0.460. The molecule has 8 heteroatoms. The first-order valence-corrected chi connectivity index (χ1v) is 4.22. The van der Waals surface area contributed by atoms with E-state index in [2.05, 4.69) is 5.10 Å². The molecule has 0 aliphatic carbocycles. The van der Waals surface area contributed by atoms with Gasteiger partial charge in [0, 0.05) is 18.3 Å². The maximum atomic E-state index is 12.3. The van der Waals surface area contributed by atoms with E-state index in [4.69, 9.17) is 5.73 Å². The molecular weight excluding hydrogens is 266 g/mol. The molecule has 3 nitrogen and oxygen atoms in total. The Morgan fingerprint density at radius 2 is 1.94 bits per heavy atom. The number of halogens is 5. The highest BCUT2D eigenvalue weighted by atomic mass is 35.5. The molecule has 16 heavy (non-hydrogen) atoms. The number of hydrogen-bond donors (Lipinski definition) is 1. The average molecular weight is 280 g/mol. The smallest absolute Gasteiger partial charge is 0.316 e. The van der Waals surface area contributed by atoms with Crippen LogP contribution in [-0.2, 0) is 6.54 Å². The van der Waals surface area contributed by atoms with Crippen LogP contribution < -0.4 is 5.73 Å². The Morgan fingerprint density at radius 3 is 2.25 bits per heavy atom. The predicted molar refractivity (Wildman–Crippen MR) is 60.1 cm³/mol. The molecular formula is C8H14Cl2F3N3. The molecule has 0 saturated heterocycles. The van der Waals surface area contributed by atoms with Crippen LogP contribution in [0.2, 0.25) is 0 Å². The van der Waals surface area contributed by atoms with Crippen LogP contribution >= 0.6 is 24.8 Å². The lowest BCUT2D eigenvalue weighted by atomic mass is 10.1. The maximum Gasteiger partial charge on any atom is 0.407 e. The van der Waals surface area contributed by atoms with Crippen LogP contribution in [-0.4, -0.2) is 16.0 Å². The summed E-state index contributed by atoms with van der Waals surface area (Å²) in [7, 11) is 0. The van der Waals surface area contributed by atoms with E-state index < -0.39 is 12.2 Å². The summed E-state index contributed by atoms with van der Waals surface area (Å²) in [5, 5.41) is 3.90. The molecule has 0 fully saturated rings. The number of aromatic nitrogens is 2. The number of hydrogen-bond acceptors (Lipinski definition) is 2. The Labute approximate surface area is 104 Å². The molecule has 1 rings (SSSR count). The van der Waals surface area contributed by atoms with Gasteiger partial charge in [-0.2, -0.15) is 18.3 Å². The summed E-state index contributed by atoms with van der Waals surface area (Å²) in [6, 6.07) is -1.94. The maximum absolute atomic E-state index is 12.3. The van der Waals surface area contributed by atoms with E-state index in [1.165, 1.54) is 17.8 Å². The van der Waals surface area contributed by atoms with Crippen LogP contribution in [0.5, 0.6) is 0 Å². The number of nitrogens with zero attached hydrogens (tertiary/aromatic N) is 2. The highest BCUT2D eigenvalue weighted by Gasteiger charge is 2.39. The van der Waals surface area contributed by atoms with Crippen LogP contribution in [0.1, 0.15) is 24.2 Å². The lowest BCUT2D eigenvalue weighted by Crippen LogP contribution is -2.28. The molecule has 1 atom stereocenters. The van der Waals surface area contributed by atoms with Gasteiger partial charge in [-0.25, -0.2) is 0 Å². The second-order valence-electron chi connectivity index (χ2n) is 3.04. The number of nitrogens with two attached hydrogens (primary N) is 1. The molecule has 0 radical (unpaired) electrons. The quantitative estimate of drug-likeness (QED) is 0.905. The zero-order chi connectivity index (χ0) is 10.9. The van der Waals surface area contributed by atoms with Gasteiger partial charge in [-0.15, -0.1) is 24.8 Å². The first-order valence-electron chi connectivity index (χ1n) is 4.22. The van der Waals surface area contributed by atoms with Crippen molar-refractivity contribution >= 4 is 24.8 Å². The minimum absolute atomic E-state index is 0. The molecule has 0 saturated carbocycles.